The van der Waals surface area contributed by atoms with Gasteiger partial charge < -0.3 is 14.6 Å². The topological polar surface area (TPSA) is 64.4 Å². The first-order valence-electron chi connectivity index (χ1n) is 8.26. The minimum Gasteiger partial charge on any atom is -0.497 e. The second-order valence-electron chi connectivity index (χ2n) is 6.30. The van der Waals surface area contributed by atoms with Gasteiger partial charge in [0.2, 0.25) is 5.91 Å². The molecule has 0 aliphatic rings. The van der Waals surface area contributed by atoms with E-state index in [4.69, 9.17) is 9.26 Å². The van der Waals surface area contributed by atoms with Crippen molar-refractivity contribution < 1.29 is 14.1 Å². The van der Waals surface area contributed by atoms with Crippen LogP contribution in [0.3, 0.4) is 0 Å². The summed E-state index contributed by atoms with van der Waals surface area (Å²) in [6.07, 6.45) is 0.190. The van der Waals surface area contributed by atoms with Crippen molar-refractivity contribution in [3.63, 3.8) is 0 Å². The second-order valence-corrected chi connectivity index (χ2v) is 6.30. The van der Waals surface area contributed by atoms with Crippen molar-refractivity contribution in [2.45, 2.75) is 33.2 Å². The SMILES string of the molecule is COc1ccc(C(C)NC(=O)Cc2noc3cc(C)c(C)cc23)cc1. The molecule has 1 atom stereocenters. The summed E-state index contributed by atoms with van der Waals surface area (Å²) in [5.74, 6) is 0.707. The van der Waals surface area contributed by atoms with Gasteiger partial charge in [0.05, 0.1) is 19.6 Å². The fourth-order valence-corrected chi connectivity index (χ4v) is 2.79. The number of hydrogen-bond donors (Lipinski definition) is 1. The van der Waals surface area contributed by atoms with E-state index in [2.05, 4.69) is 10.5 Å². The van der Waals surface area contributed by atoms with Crippen LogP contribution in [0.4, 0.5) is 0 Å². The average Bonchev–Trinajstić information content (AvgIpc) is 2.97. The molecule has 1 heterocycles. The lowest BCUT2D eigenvalue weighted by Gasteiger charge is -2.14. The maximum Gasteiger partial charge on any atom is 0.226 e. The van der Waals surface area contributed by atoms with E-state index in [0.717, 1.165) is 27.8 Å². The number of nitrogens with zero attached hydrogens (tertiary/aromatic N) is 1. The van der Waals surface area contributed by atoms with Gasteiger partial charge in [-0.15, -0.1) is 0 Å². The number of carbonyl (C=O) groups excluding carboxylic acids is 1. The molecule has 1 unspecified atom stereocenters. The molecule has 3 aromatic rings. The molecule has 1 aromatic heterocycles. The molecule has 0 aliphatic carbocycles. The summed E-state index contributed by atoms with van der Waals surface area (Å²) in [4.78, 5) is 12.4. The van der Waals surface area contributed by atoms with Crippen LogP contribution in [0.25, 0.3) is 11.0 Å². The first-order chi connectivity index (χ1) is 12.0. The fourth-order valence-electron chi connectivity index (χ4n) is 2.79. The Bertz CT molecular complexity index is 897. The molecule has 0 saturated carbocycles. The number of benzene rings is 2. The third-order valence-corrected chi connectivity index (χ3v) is 4.48. The van der Waals surface area contributed by atoms with Crippen LogP contribution >= 0.6 is 0 Å². The minimum atomic E-state index is -0.0967. The van der Waals surface area contributed by atoms with Crippen molar-refractivity contribution in [1.82, 2.24) is 10.5 Å². The van der Waals surface area contributed by atoms with Crippen LogP contribution in [0.2, 0.25) is 0 Å². The summed E-state index contributed by atoms with van der Waals surface area (Å²) >= 11 is 0. The number of carbonyl (C=O) groups is 1. The van der Waals surface area contributed by atoms with Gasteiger partial charge in [-0.25, -0.2) is 0 Å². The minimum absolute atomic E-state index is 0.0863. The summed E-state index contributed by atoms with van der Waals surface area (Å²) in [5.41, 5.74) is 4.70. The van der Waals surface area contributed by atoms with Gasteiger partial charge >= 0.3 is 0 Å². The highest BCUT2D eigenvalue weighted by Gasteiger charge is 2.15. The summed E-state index contributed by atoms with van der Waals surface area (Å²) in [6.45, 7) is 6.02. The number of fused-ring (bicyclic) bond motifs is 1. The van der Waals surface area contributed by atoms with Crippen LogP contribution in [-0.4, -0.2) is 18.2 Å². The number of ether oxygens (including phenoxy) is 1. The zero-order valence-electron chi connectivity index (χ0n) is 14.9. The lowest BCUT2D eigenvalue weighted by atomic mass is 10.0. The highest BCUT2D eigenvalue weighted by atomic mass is 16.5. The number of rotatable bonds is 5. The average molecular weight is 338 g/mol. The van der Waals surface area contributed by atoms with Gasteiger partial charge in [-0.3, -0.25) is 4.79 Å². The molecule has 5 nitrogen and oxygen atoms in total. The molecular formula is C20H22N2O3. The molecule has 0 aliphatic heterocycles. The van der Waals surface area contributed by atoms with Gasteiger partial charge in [0.25, 0.3) is 0 Å². The number of amides is 1. The van der Waals surface area contributed by atoms with E-state index in [1.165, 1.54) is 0 Å². The van der Waals surface area contributed by atoms with Crippen molar-refractivity contribution in [2.24, 2.45) is 0 Å². The normalized spacial score (nSPS) is 12.2. The highest BCUT2D eigenvalue weighted by Crippen LogP contribution is 2.23. The number of aromatic nitrogens is 1. The first-order valence-corrected chi connectivity index (χ1v) is 8.26. The molecule has 1 amide bonds. The monoisotopic (exact) mass is 338 g/mol. The molecule has 25 heavy (non-hydrogen) atoms. The molecule has 2 aromatic carbocycles. The van der Waals surface area contributed by atoms with E-state index < -0.39 is 0 Å². The largest absolute Gasteiger partial charge is 0.497 e. The smallest absolute Gasteiger partial charge is 0.226 e. The third kappa shape index (κ3) is 3.65. The van der Waals surface area contributed by atoms with Gasteiger partial charge in [-0.05, 0) is 61.7 Å². The molecule has 0 spiro atoms. The number of methoxy groups -OCH3 is 1. The lowest BCUT2D eigenvalue weighted by molar-refractivity contribution is -0.121. The van der Waals surface area contributed by atoms with Crippen molar-refractivity contribution in [1.29, 1.82) is 0 Å². The van der Waals surface area contributed by atoms with Gasteiger partial charge in [0, 0.05) is 5.39 Å². The van der Waals surface area contributed by atoms with Crippen LogP contribution < -0.4 is 10.1 Å². The van der Waals surface area contributed by atoms with Crippen molar-refractivity contribution >= 4 is 16.9 Å². The van der Waals surface area contributed by atoms with Gasteiger partial charge in [0.15, 0.2) is 5.58 Å². The van der Waals surface area contributed by atoms with Crippen LogP contribution in [0.1, 0.15) is 35.3 Å². The van der Waals surface area contributed by atoms with Gasteiger partial charge in [-0.2, -0.15) is 0 Å². The molecule has 130 valence electrons. The predicted octanol–water partition coefficient (Wildman–Crippen LogP) is 3.87. The molecule has 3 rings (SSSR count). The highest BCUT2D eigenvalue weighted by molar-refractivity contribution is 5.87. The van der Waals surface area contributed by atoms with E-state index in [1.54, 1.807) is 7.11 Å². The fraction of sp³-hybridized carbons (Fsp3) is 0.300. The summed E-state index contributed by atoms with van der Waals surface area (Å²) in [5, 5.41) is 7.97. The summed E-state index contributed by atoms with van der Waals surface area (Å²) in [6, 6.07) is 11.5. The second kappa shape index (κ2) is 6.97. The Morgan fingerprint density at radius 2 is 1.88 bits per heavy atom. The summed E-state index contributed by atoms with van der Waals surface area (Å²) < 4.78 is 10.5. The standard InChI is InChI=1S/C20H22N2O3/c1-12-9-17-18(22-25-19(17)10-13(12)2)11-20(23)21-14(3)15-5-7-16(24-4)8-6-15/h5-10,14H,11H2,1-4H3,(H,21,23). The van der Waals surface area contributed by atoms with Gasteiger partial charge in [-0.1, -0.05) is 17.3 Å². The molecule has 1 N–H and O–H groups in total. The van der Waals surface area contributed by atoms with Crippen LogP contribution in [0, 0.1) is 13.8 Å². The molecule has 0 fully saturated rings. The Hall–Kier alpha value is -2.82. The molecule has 0 bridgehead atoms. The predicted molar refractivity (Wildman–Crippen MR) is 96.7 cm³/mol. The van der Waals surface area contributed by atoms with Crippen LogP contribution in [-0.2, 0) is 11.2 Å². The van der Waals surface area contributed by atoms with Crippen molar-refractivity contribution in [2.75, 3.05) is 7.11 Å². The van der Waals surface area contributed by atoms with Gasteiger partial charge in [0.1, 0.15) is 11.4 Å². The summed E-state index contributed by atoms with van der Waals surface area (Å²) in [7, 11) is 1.63. The van der Waals surface area contributed by atoms with Crippen molar-refractivity contribution in [3.05, 3.63) is 58.8 Å². The van der Waals surface area contributed by atoms with Crippen LogP contribution in [0.15, 0.2) is 40.9 Å². The van der Waals surface area contributed by atoms with E-state index in [1.807, 2.05) is 57.2 Å². The maximum atomic E-state index is 12.4. The molecule has 0 radical (unpaired) electrons. The van der Waals surface area contributed by atoms with E-state index in [-0.39, 0.29) is 18.4 Å². The van der Waals surface area contributed by atoms with E-state index >= 15 is 0 Å². The quantitative estimate of drug-likeness (QED) is 0.767. The molecular weight excluding hydrogens is 316 g/mol. The number of aryl methyl sites for hydroxylation is 2. The maximum absolute atomic E-state index is 12.4. The molecule has 5 heteroatoms. The van der Waals surface area contributed by atoms with Crippen LogP contribution in [0.5, 0.6) is 5.75 Å². The zero-order chi connectivity index (χ0) is 18.0. The number of hydrogen-bond acceptors (Lipinski definition) is 4. The molecule has 0 saturated heterocycles. The Morgan fingerprint density at radius 3 is 2.56 bits per heavy atom. The zero-order valence-corrected chi connectivity index (χ0v) is 14.9. The first kappa shape index (κ1) is 17.0. The van der Waals surface area contributed by atoms with E-state index in [0.29, 0.717) is 11.3 Å². The third-order valence-electron chi connectivity index (χ3n) is 4.48. The Kier molecular flexibility index (Phi) is 4.74. The van der Waals surface area contributed by atoms with E-state index in [9.17, 15) is 4.79 Å². The number of nitrogens with one attached hydrogen (secondary N) is 1. The Balaban J connectivity index is 1.70. The van der Waals surface area contributed by atoms with Crippen molar-refractivity contribution in [3.8, 4) is 5.75 Å². The Morgan fingerprint density at radius 1 is 1.20 bits per heavy atom. The Labute approximate surface area is 147 Å². The lowest BCUT2D eigenvalue weighted by Crippen LogP contribution is -2.28.